The number of nitrogens with zero attached hydrogens (tertiary/aromatic N) is 1. The highest BCUT2D eigenvalue weighted by Gasteiger charge is 2.00. The largest absolute Gasteiger partial charge is 0.478 e. The quantitative estimate of drug-likeness (QED) is 0.834. The zero-order valence-electron chi connectivity index (χ0n) is 10.00. The Labute approximate surface area is 105 Å². The number of carboxylic acids is 1. The summed E-state index contributed by atoms with van der Waals surface area (Å²) in [7, 11) is 0. The molecule has 0 aliphatic carbocycles. The zero-order chi connectivity index (χ0) is 13.0. The maximum atomic E-state index is 10.7. The van der Waals surface area contributed by atoms with Crippen LogP contribution in [0.3, 0.4) is 0 Å². The van der Waals surface area contributed by atoms with Gasteiger partial charge in [-0.05, 0) is 36.8 Å². The first kappa shape index (κ1) is 12.0. The Bertz CT molecular complexity index is 568. The molecule has 1 N–H and O–H groups in total. The van der Waals surface area contributed by atoms with E-state index in [-0.39, 0.29) is 5.56 Å². The lowest BCUT2D eigenvalue weighted by molar-refractivity contribution is 0.0697. The van der Waals surface area contributed by atoms with Gasteiger partial charge in [0.05, 0.1) is 11.3 Å². The minimum absolute atomic E-state index is 0.280. The van der Waals surface area contributed by atoms with Gasteiger partial charge < -0.3 is 5.11 Å². The van der Waals surface area contributed by atoms with E-state index in [2.05, 4.69) is 4.99 Å². The highest BCUT2D eigenvalue weighted by molar-refractivity contribution is 5.89. The monoisotopic (exact) mass is 239 g/mol. The van der Waals surface area contributed by atoms with E-state index in [1.54, 1.807) is 30.5 Å². The highest BCUT2D eigenvalue weighted by atomic mass is 16.4. The molecule has 0 saturated heterocycles. The van der Waals surface area contributed by atoms with Crippen molar-refractivity contribution in [3.8, 4) is 0 Å². The van der Waals surface area contributed by atoms with Gasteiger partial charge in [-0.25, -0.2) is 4.79 Å². The molecule has 18 heavy (non-hydrogen) atoms. The molecule has 3 heteroatoms. The van der Waals surface area contributed by atoms with Crippen molar-refractivity contribution < 1.29 is 9.90 Å². The molecule has 0 fully saturated rings. The molecule has 0 amide bonds. The molecule has 0 bridgehead atoms. The Balaban J connectivity index is 2.13. The van der Waals surface area contributed by atoms with Crippen molar-refractivity contribution in [2.24, 2.45) is 4.99 Å². The van der Waals surface area contributed by atoms with Crippen molar-refractivity contribution in [1.82, 2.24) is 0 Å². The van der Waals surface area contributed by atoms with Gasteiger partial charge in [0, 0.05) is 6.21 Å². The average molecular weight is 239 g/mol. The smallest absolute Gasteiger partial charge is 0.335 e. The third-order valence-electron chi connectivity index (χ3n) is 2.55. The van der Waals surface area contributed by atoms with Gasteiger partial charge in [-0.2, -0.15) is 0 Å². The van der Waals surface area contributed by atoms with E-state index in [0.717, 1.165) is 11.3 Å². The van der Waals surface area contributed by atoms with Crippen LogP contribution in [0, 0.1) is 6.92 Å². The third kappa shape index (κ3) is 3.04. The minimum atomic E-state index is -0.919. The van der Waals surface area contributed by atoms with Crippen molar-refractivity contribution in [2.75, 3.05) is 0 Å². The summed E-state index contributed by atoms with van der Waals surface area (Å²) in [5, 5.41) is 8.78. The number of benzene rings is 2. The summed E-state index contributed by atoms with van der Waals surface area (Å²) in [4.78, 5) is 15.0. The molecular weight excluding hydrogens is 226 g/mol. The average Bonchev–Trinajstić information content (AvgIpc) is 2.38. The van der Waals surface area contributed by atoms with E-state index in [0.29, 0.717) is 0 Å². The maximum Gasteiger partial charge on any atom is 0.335 e. The van der Waals surface area contributed by atoms with Gasteiger partial charge in [-0.15, -0.1) is 0 Å². The molecule has 0 aliphatic rings. The molecule has 90 valence electrons. The lowest BCUT2D eigenvalue weighted by Crippen LogP contribution is -1.95. The second-order valence-electron chi connectivity index (χ2n) is 4.02. The summed E-state index contributed by atoms with van der Waals surface area (Å²) in [5.74, 6) is -0.919. The molecule has 0 radical (unpaired) electrons. The van der Waals surface area contributed by atoms with Crippen LogP contribution in [0.25, 0.3) is 0 Å². The van der Waals surface area contributed by atoms with Gasteiger partial charge in [-0.3, -0.25) is 4.99 Å². The fourth-order valence-corrected chi connectivity index (χ4v) is 1.49. The van der Waals surface area contributed by atoms with Crippen LogP contribution in [0.2, 0.25) is 0 Å². The standard InChI is InChI=1S/C15H13NO2/c1-11-2-8-14(9-3-11)16-10-12-4-6-13(7-5-12)15(17)18/h2-10H,1H3,(H,17,18)/b16-10+. The van der Waals surface area contributed by atoms with Crippen LogP contribution >= 0.6 is 0 Å². The van der Waals surface area contributed by atoms with Crippen molar-refractivity contribution >= 4 is 17.9 Å². The van der Waals surface area contributed by atoms with E-state index in [4.69, 9.17) is 5.11 Å². The fraction of sp³-hybridized carbons (Fsp3) is 0.0667. The lowest BCUT2D eigenvalue weighted by atomic mass is 10.1. The molecule has 0 saturated carbocycles. The van der Waals surface area contributed by atoms with E-state index in [9.17, 15) is 4.79 Å². The maximum absolute atomic E-state index is 10.7. The molecule has 2 aromatic carbocycles. The Morgan fingerprint density at radius 2 is 1.67 bits per heavy atom. The van der Waals surface area contributed by atoms with Gasteiger partial charge in [0.1, 0.15) is 0 Å². The number of aromatic carboxylic acids is 1. The summed E-state index contributed by atoms with van der Waals surface area (Å²) >= 11 is 0. The first-order chi connectivity index (χ1) is 8.65. The van der Waals surface area contributed by atoms with Crippen LogP contribution in [-0.4, -0.2) is 17.3 Å². The number of aliphatic imine (C=N–C) groups is 1. The van der Waals surface area contributed by atoms with Crippen LogP contribution in [0.5, 0.6) is 0 Å². The first-order valence-electron chi connectivity index (χ1n) is 5.59. The Hall–Kier alpha value is -2.42. The van der Waals surface area contributed by atoms with Gasteiger partial charge in [0.2, 0.25) is 0 Å². The van der Waals surface area contributed by atoms with Crippen molar-refractivity contribution in [3.63, 3.8) is 0 Å². The van der Waals surface area contributed by atoms with Crippen molar-refractivity contribution in [2.45, 2.75) is 6.92 Å². The Morgan fingerprint density at radius 1 is 1.06 bits per heavy atom. The second kappa shape index (κ2) is 5.27. The summed E-state index contributed by atoms with van der Waals surface area (Å²) in [6.45, 7) is 2.03. The van der Waals surface area contributed by atoms with Crippen LogP contribution < -0.4 is 0 Å². The minimum Gasteiger partial charge on any atom is -0.478 e. The molecule has 0 aliphatic heterocycles. The van der Waals surface area contributed by atoms with Gasteiger partial charge in [0.25, 0.3) is 0 Å². The predicted octanol–water partition coefficient (Wildman–Crippen LogP) is 3.44. The Kier molecular flexibility index (Phi) is 3.53. The molecule has 0 aromatic heterocycles. The lowest BCUT2D eigenvalue weighted by Gasteiger charge is -1.97. The fourth-order valence-electron chi connectivity index (χ4n) is 1.49. The van der Waals surface area contributed by atoms with Gasteiger partial charge in [-0.1, -0.05) is 29.8 Å². The topological polar surface area (TPSA) is 49.7 Å². The normalized spacial score (nSPS) is 10.7. The summed E-state index contributed by atoms with van der Waals surface area (Å²) in [6, 6.07) is 14.5. The molecule has 0 spiro atoms. The highest BCUT2D eigenvalue weighted by Crippen LogP contribution is 2.12. The number of carbonyl (C=O) groups is 1. The number of rotatable bonds is 3. The van der Waals surface area contributed by atoms with E-state index < -0.39 is 5.97 Å². The first-order valence-corrected chi connectivity index (χ1v) is 5.59. The van der Waals surface area contributed by atoms with Crippen LogP contribution in [-0.2, 0) is 0 Å². The second-order valence-corrected chi connectivity index (χ2v) is 4.02. The number of hydrogen-bond donors (Lipinski definition) is 1. The van der Waals surface area contributed by atoms with E-state index in [1.807, 2.05) is 31.2 Å². The van der Waals surface area contributed by atoms with Crippen LogP contribution in [0.15, 0.2) is 53.5 Å². The SMILES string of the molecule is Cc1ccc(/N=C/c2ccc(C(=O)O)cc2)cc1. The van der Waals surface area contributed by atoms with Crippen LogP contribution in [0.4, 0.5) is 5.69 Å². The van der Waals surface area contributed by atoms with Crippen molar-refractivity contribution in [1.29, 1.82) is 0 Å². The number of hydrogen-bond acceptors (Lipinski definition) is 2. The number of carboxylic acid groups (broad SMARTS) is 1. The predicted molar refractivity (Wildman–Crippen MR) is 71.8 cm³/mol. The van der Waals surface area contributed by atoms with E-state index in [1.165, 1.54) is 5.56 Å². The molecule has 0 unspecified atom stereocenters. The Morgan fingerprint density at radius 3 is 2.22 bits per heavy atom. The summed E-state index contributed by atoms with van der Waals surface area (Å²) in [6.07, 6.45) is 1.72. The van der Waals surface area contributed by atoms with Gasteiger partial charge >= 0.3 is 5.97 Å². The molecule has 2 aromatic rings. The molecule has 0 heterocycles. The molecular formula is C15H13NO2. The van der Waals surface area contributed by atoms with Gasteiger partial charge in [0.15, 0.2) is 0 Å². The molecule has 2 rings (SSSR count). The van der Waals surface area contributed by atoms with E-state index >= 15 is 0 Å². The third-order valence-corrected chi connectivity index (χ3v) is 2.55. The van der Waals surface area contributed by atoms with Crippen molar-refractivity contribution in [3.05, 3.63) is 65.2 Å². The zero-order valence-corrected chi connectivity index (χ0v) is 10.00. The summed E-state index contributed by atoms with van der Waals surface area (Å²) < 4.78 is 0. The molecule has 0 atom stereocenters. The molecule has 3 nitrogen and oxygen atoms in total. The van der Waals surface area contributed by atoms with Crippen LogP contribution in [0.1, 0.15) is 21.5 Å². The number of aryl methyl sites for hydroxylation is 1. The summed E-state index contributed by atoms with van der Waals surface area (Å²) in [5.41, 5.74) is 3.23.